The highest BCUT2D eigenvalue weighted by molar-refractivity contribution is 5.95. The molecular weight excluding hydrogens is 380 g/mol. The van der Waals surface area contributed by atoms with E-state index in [4.69, 9.17) is 0 Å². The van der Waals surface area contributed by atoms with Crippen LogP contribution in [0, 0.1) is 18.7 Å². The molecular formula is C21H25F2N3O3. The van der Waals surface area contributed by atoms with Gasteiger partial charge in [-0.25, -0.2) is 13.6 Å². The Morgan fingerprint density at radius 3 is 2.59 bits per heavy atom. The number of fused-ring (bicyclic) bond motifs is 1. The van der Waals surface area contributed by atoms with Crippen molar-refractivity contribution in [3.63, 3.8) is 0 Å². The lowest BCUT2D eigenvalue weighted by molar-refractivity contribution is 0.0694. The molecule has 8 heteroatoms. The van der Waals surface area contributed by atoms with Crippen molar-refractivity contribution in [1.82, 2.24) is 9.88 Å². The smallest absolute Gasteiger partial charge is 0.341 e. The van der Waals surface area contributed by atoms with Gasteiger partial charge in [0, 0.05) is 37.1 Å². The number of hydrogen-bond donors (Lipinski definition) is 2. The van der Waals surface area contributed by atoms with Crippen molar-refractivity contribution in [2.24, 2.45) is 5.92 Å². The highest BCUT2D eigenvalue weighted by Gasteiger charge is 2.41. The molecule has 2 fully saturated rings. The average molecular weight is 405 g/mol. The Morgan fingerprint density at radius 2 is 2.07 bits per heavy atom. The molecule has 1 aromatic carbocycles. The number of aromatic nitrogens is 1. The van der Waals surface area contributed by atoms with E-state index in [0.29, 0.717) is 35.8 Å². The molecule has 2 aliphatic rings. The quantitative estimate of drug-likeness (QED) is 0.800. The van der Waals surface area contributed by atoms with Crippen LogP contribution in [0.2, 0.25) is 0 Å². The minimum atomic E-state index is -1.40. The zero-order chi connectivity index (χ0) is 21.0. The average Bonchev–Trinajstić information content (AvgIpc) is 3.25. The van der Waals surface area contributed by atoms with Crippen LogP contribution in [-0.2, 0) is 0 Å². The van der Waals surface area contributed by atoms with Gasteiger partial charge in [-0.3, -0.25) is 4.79 Å². The van der Waals surface area contributed by atoms with Crippen LogP contribution >= 0.6 is 0 Å². The van der Waals surface area contributed by atoms with Crippen LogP contribution in [0.5, 0.6) is 0 Å². The molecule has 4 rings (SSSR count). The van der Waals surface area contributed by atoms with Crippen LogP contribution in [0.4, 0.5) is 14.5 Å². The van der Waals surface area contributed by atoms with Gasteiger partial charge in [-0.15, -0.1) is 0 Å². The molecule has 0 spiro atoms. The number of carboxylic acids is 1. The summed E-state index contributed by atoms with van der Waals surface area (Å²) in [6.45, 7) is 5.13. The monoisotopic (exact) mass is 405 g/mol. The summed E-state index contributed by atoms with van der Waals surface area (Å²) in [5, 5.41) is 12.6. The number of rotatable bonds is 5. The SMILES string of the molecule is CC[C@H]1CN(c2c(F)cc3c(=O)c(C(=O)O)cn(C4C[C@@H]4F)c3c2C)C[C@H]1NC. The van der Waals surface area contributed by atoms with E-state index in [0.717, 1.165) is 12.5 Å². The predicted octanol–water partition coefficient (Wildman–Crippen LogP) is 2.86. The van der Waals surface area contributed by atoms with Crippen LogP contribution in [0.15, 0.2) is 17.1 Å². The second-order valence-electron chi connectivity index (χ2n) is 8.10. The topological polar surface area (TPSA) is 74.6 Å². The van der Waals surface area contributed by atoms with E-state index in [-0.39, 0.29) is 17.8 Å². The van der Waals surface area contributed by atoms with Crippen molar-refractivity contribution in [2.75, 3.05) is 25.0 Å². The van der Waals surface area contributed by atoms with Crippen LogP contribution < -0.4 is 15.6 Å². The van der Waals surface area contributed by atoms with Gasteiger partial charge in [-0.2, -0.15) is 0 Å². The summed E-state index contributed by atoms with van der Waals surface area (Å²) in [6, 6.07) is 0.816. The lowest BCUT2D eigenvalue weighted by Gasteiger charge is -2.24. The molecule has 2 aromatic rings. The summed E-state index contributed by atoms with van der Waals surface area (Å²) >= 11 is 0. The van der Waals surface area contributed by atoms with E-state index >= 15 is 4.39 Å². The first-order chi connectivity index (χ1) is 13.8. The highest BCUT2D eigenvalue weighted by atomic mass is 19.1. The van der Waals surface area contributed by atoms with Crippen molar-refractivity contribution in [3.05, 3.63) is 39.4 Å². The number of nitrogens with one attached hydrogen (secondary N) is 1. The van der Waals surface area contributed by atoms with E-state index in [1.54, 1.807) is 6.92 Å². The fourth-order valence-corrected chi connectivity index (χ4v) is 4.71. The molecule has 1 unspecified atom stereocenters. The number of hydrogen-bond acceptors (Lipinski definition) is 4. The summed E-state index contributed by atoms with van der Waals surface area (Å²) in [6.07, 6.45) is 1.32. The number of anilines is 1. The Morgan fingerprint density at radius 1 is 1.38 bits per heavy atom. The maximum absolute atomic E-state index is 15.2. The molecule has 1 aliphatic heterocycles. The summed E-state index contributed by atoms with van der Waals surface area (Å²) in [5.74, 6) is -1.59. The minimum Gasteiger partial charge on any atom is -0.477 e. The molecule has 29 heavy (non-hydrogen) atoms. The fourth-order valence-electron chi connectivity index (χ4n) is 4.71. The zero-order valence-electron chi connectivity index (χ0n) is 16.7. The molecule has 1 saturated heterocycles. The van der Waals surface area contributed by atoms with Gasteiger partial charge in [0.2, 0.25) is 5.43 Å². The number of carbonyl (C=O) groups is 1. The number of nitrogens with zero attached hydrogens (tertiary/aromatic N) is 2. The number of benzene rings is 1. The van der Waals surface area contributed by atoms with Crippen LogP contribution in [-0.4, -0.2) is 48.0 Å². The molecule has 2 N–H and O–H groups in total. The first-order valence-corrected chi connectivity index (χ1v) is 9.95. The van der Waals surface area contributed by atoms with Crippen LogP contribution in [0.3, 0.4) is 0 Å². The number of halogens is 2. The molecule has 0 amide bonds. The molecule has 2 heterocycles. The van der Waals surface area contributed by atoms with E-state index in [2.05, 4.69) is 12.2 Å². The molecule has 0 bridgehead atoms. The Hall–Kier alpha value is -2.48. The molecule has 6 nitrogen and oxygen atoms in total. The van der Waals surface area contributed by atoms with Crippen molar-refractivity contribution >= 4 is 22.6 Å². The Labute approximate surface area is 167 Å². The first-order valence-electron chi connectivity index (χ1n) is 9.95. The summed E-state index contributed by atoms with van der Waals surface area (Å²) in [4.78, 5) is 26.2. The standard InChI is InChI=1S/C21H25F2N3O3/c1-4-11-7-25(9-16(11)24-3)19-10(2)18-12(5-15(19)23)20(27)13(21(28)29)8-26(18)17-6-14(17)22/h5,8,11,14,16-17,24H,4,6-7,9H2,1-3H3,(H,28,29)/t11-,14-,16+,17?/m0/s1. The first kappa shape index (κ1) is 19.8. The van der Waals surface area contributed by atoms with Gasteiger partial charge in [-0.1, -0.05) is 13.3 Å². The van der Waals surface area contributed by atoms with Gasteiger partial charge in [0.15, 0.2) is 0 Å². The van der Waals surface area contributed by atoms with E-state index < -0.39 is 35.0 Å². The van der Waals surface area contributed by atoms with Crippen molar-refractivity contribution in [1.29, 1.82) is 0 Å². The largest absolute Gasteiger partial charge is 0.477 e. The number of alkyl halides is 1. The third-order valence-corrected chi connectivity index (χ3v) is 6.40. The lowest BCUT2D eigenvalue weighted by Crippen LogP contribution is -2.33. The van der Waals surface area contributed by atoms with Crippen molar-refractivity contribution in [3.8, 4) is 0 Å². The van der Waals surface area contributed by atoms with Gasteiger partial charge in [0.25, 0.3) is 0 Å². The number of likely N-dealkylation sites (N-methyl/N-ethyl adjacent to an activating group) is 1. The molecule has 156 valence electrons. The lowest BCUT2D eigenvalue weighted by atomic mass is 10.0. The fraction of sp³-hybridized carbons (Fsp3) is 0.524. The van der Waals surface area contributed by atoms with Gasteiger partial charge in [-0.05, 0) is 31.5 Å². The predicted molar refractivity (Wildman–Crippen MR) is 107 cm³/mol. The molecule has 1 aromatic heterocycles. The number of aromatic carboxylic acids is 1. The van der Waals surface area contributed by atoms with Crippen molar-refractivity contribution in [2.45, 2.75) is 44.9 Å². The van der Waals surface area contributed by atoms with E-state index in [1.165, 1.54) is 10.8 Å². The van der Waals surface area contributed by atoms with Crippen LogP contribution in [0.1, 0.15) is 41.7 Å². The molecule has 4 atom stereocenters. The Bertz CT molecular complexity index is 1040. The third-order valence-electron chi connectivity index (χ3n) is 6.40. The minimum absolute atomic E-state index is 0.0147. The summed E-state index contributed by atoms with van der Waals surface area (Å²) in [7, 11) is 1.89. The number of pyridine rings is 1. The Kier molecular flexibility index (Phi) is 4.85. The van der Waals surface area contributed by atoms with Crippen LogP contribution in [0.25, 0.3) is 10.9 Å². The van der Waals surface area contributed by atoms with E-state index in [1.807, 2.05) is 11.9 Å². The van der Waals surface area contributed by atoms with Gasteiger partial charge in [0.1, 0.15) is 17.6 Å². The second-order valence-corrected chi connectivity index (χ2v) is 8.10. The third kappa shape index (κ3) is 3.10. The molecule has 0 radical (unpaired) electrons. The number of aryl methyl sites for hydroxylation is 1. The number of carboxylic acid groups (broad SMARTS) is 1. The second kappa shape index (κ2) is 7.09. The van der Waals surface area contributed by atoms with Gasteiger partial charge >= 0.3 is 5.97 Å². The van der Waals surface area contributed by atoms with Gasteiger partial charge in [0.05, 0.1) is 17.2 Å². The maximum Gasteiger partial charge on any atom is 0.341 e. The molecule has 1 aliphatic carbocycles. The zero-order valence-corrected chi connectivity index (χ0v) is 16.7. The van der Waals surface area contributed by atoms with E-state index in [9.17, 15) is 19.1 Å². The maximum atomic E-state index is 15.2. The van der Waals surface area contributed by atoms with Crippen molar-refractivity contribution < 1.29 is 18.7 Å². The molecule has 1 saturated carbocycles. The summed E-state index contributed by atoms with van der Waals surface area (Å²) < 4.78 is 30.6. The normalized spacial score (nSPS) is 26.3. The highest BCUT2D eigenvalue weighted by Crippen LogP contribution is 2.43. The Balaban J connectivity index is 1.94. The van der Waals surface area contributed by atoms with Gasteiger partial charge < -0.3 is 19.9 Å². The summed E-state index contributed by atoms with van der Waals surface area (Å²) in [5.41, 5.74) is 0.156.